The van der Waals surface area contributed by atoms with Gasteiger partial charge in [-0.3, -0.25) is 0 Å². The Balaban J connectivity index is 2.78. The van der Waals surface area contributed by atoms with Gasteiger partial charge in [-0.15, -0.1) is 0 Å². The first-order valence-electron chi connectivity index (χ1n) is 6.52. The lowest BCUT2D eigenvalue weighted by atomic mass is 9.83. The molecule has 0 unspecified atom stereocenters. The molecule has 3 nitrogen and oxygen atoms in total. The van der Waals surface area contributed by atoms with Gasteiger partial charge in [0, 0.05) is 10.0 Å². The Labute approximate surface area is 121 Å². The van der Waals surface area contributed by atoms with E-state index in [1.165, 1.54) is 0 Å². The second-order valence-electron chi connectivity index (χ2n) is 5.35. The zero-order chi connectivity index (χ0) is 14.2. The topological polar surface area (TPSA) is 49.7 Å². The molecule has 1 saturated carbocycles. The van der Waals surface area contributed by atoms with Crippen molar-refractivity contribution in [2.75, 3.05) is 0 Å². The highest BCUT2D eigenvalue weighted by molar-refractivity contribution is 9.10. The number of aromatic hydroxyl groups is 1. The Morgan fingerprint density at radius 1 is 1.16 bits per heavy atom. The molecule has 2 rings (SSSR count). The van der Waals surface area contributed by atoms with Gasteiger partial charge in [0.15, 0.2) is 0 Å². The van der Waals surface area contributed by atoms with Crippen LogP contribution in [0.5, 0.6) is 5.75 Å². The first-order valence-corrected chi connectivity index (χ1v) is 7.31. The highest BCUT2D eigenvalue weighted by atomic mass is 79.9. The minimum Gasteiger partial charge on any atom is -0.507 e. The Kier molecular flexibility index (Phi) is 3.84. The molecule has 0 heterocycles. The van der Waals surface area contributed by atoms with E-state index in [1.807, 2.05) is 20.8 Å². The molecule has 1 aromatic carbocycles. The van der Waals surface area contributed by atoms with Crippen molar-refractivity contribution in [1.82, 2.24) is 0 Å². The van der Waals surface area contributed by atoms with Crippen molar-refractivity contribution in [2.24, 2.45) is 4.99 Å². The molecule has 0 bridgehead atoms. The molecule has 0 amide bonds. The fourth-order valence-electron chi connectivity index (χ4n) is 3.13. The maximum atomic E-state index is 10.8. The van der Waals surface area contributed by atoms with E-state index in [-0.39, 0.29) is 5.75 Å². The molecule has 1 N–H and O–H groups in total. The van der Waals surface area contributed by atoms with Crippen molar-refractivity contribution in [3.63, 3.8) is 0 Å². The summed E-state index contributed by atoms with van der Waals surface area (Å²) in [6.07, 6.45) is 5.34. The van der Waals surface area contributed by atoms with Gasteiger partial charge in [-0.1, -0.05) is 28.8 Å². The van der Waals surface area contributed by atoms with Gasteiger partial charge in [0.2, 0.25) is 6.08 Å². The summed E-state index contributed by atoms with van der Waals surface area (Å²) in [6, 6.07) is 0. The summed E-state index contributed by atoms with van der Waals surface area (Å²) < 4.78 is 0.991. The molecule has 19 heavy (non-hydrogen) atoms. The number of hydrogen-bond acceptors (Lipinski definition) is 3. The van der Waals surface area contributed by atoms with Crippen LogP contribution in [0.25, 0.3) is 0 Å². The largest absolute Gasteiger partial charge is 0.507 e. The van der Waals surface area contributed by atoms with E-state index in [2.05, 4.69) is 20.9 Å². The minimum absolute atomic E-state index is 0.277. The number of phenolic OH excluding ortho intramolecular Hbond substituents is 1. The van der Waals surface area contributed by atoms with Gasteiger partial charge in [-0.25, -0.2) is 4.79 Å². The fourth-order valence-corrected chi connectivity index (χ4v) is 3.63. The number of aliphatic imine (C=N–C) groups is 1. The van der Waals surface area contributed by atoms with Crippen molar-refractivity contribution >= 4 is 22.0 Å². The molecule has 0 aliphatic heterocycles. The van der Waals surface area contributed by atoms with Crippen LogP contribution < -0.4 is 0 Å². The Bertz CT molecular complexity index is 539. The molecule has 1 fully saturated rings. The van der Waals surface area contributed by atoms with Crippen molar-refractivity contribution in [3.8, 4) is 5.75 Å². The molecule has 1 aliphatic carbocycles. The molecule has 0 aromatic heterocycles. The fraction of sp³-hybridized carbons (Fsp3) is 0.533. The van der Waals surface area contributed by atoms with Crippen LogP contribution in [0.3, 0.4) is 0 Å². The van der Waals surface area contributed by atoms with Crippen LogP contribution in [0.2, 0.25) is 0 Å². The van der Waals surface area contributed by atoms with E-state index >= 15 is 0 Å². The van der Waals surface area contributed by atoms with Gasteiger partial charge in [0.1, 0.15) is 11.3 Å². The predicted octanol–water partition coefficient (Wildman–Crippen LogP) is 4.19. The normalized spacial score (nSPS) is 17.3. The monoisotopic (exact) mass is 323 g/mol. The molecule has 1 aromatic rings. The molecule has 0 radical (unpaired) electrons. The van der Waals surface area contributed by atoms with E-state index < -0.39 is 5.54 Å². The van der Waals surface area contributed by atoms with E-state index in [4.69, 9.17) is 0 Å². The average molecular weight is 324 g/mol. The molecule has 1 aliphatic rings. The summed E-state index contributed by atoms with van der Waals surface area (Å²) in [7, 11) is 0. The number of halogens is 1. The number of isocyanates is 1. The van der Waals surface area contributed by atoms with Crippen molar-refractivity contribution in [3.05, 3.63) is 26.7 Å². The standard InChI is InChI=1S/C15H18BrNO2/c1-9-10(2)14(19)12(11(3)13(9)16)15(17-8-18)6-4-5-7-15/h19H,4-7H2,1-3H3. The molecule has 0 spiro atoms. The second kappa shape index (κ2) is 5.10. The predicted molar refractivity (Wildman–Crippen MR) is 78.3 cm³/mol. The first kappa shape index (κ1) is 14.3. The summed E-state index contributed by atoms with van der Waals surface area (Å²) in [5.74, 6) is 0.277. The number of carbonyl (C=O) groups excluding carboxylic acids is 1. The van der Waals surface area contributed by atoms with Gasteiger partial charge in [-0.05, 0) is 50.3 Å². The number of nitrogens with zero attached hydrogens (tertiary/aromatic N) is 1. The van der Waals surface area contributed by atoms with E-state index in [0.717, 1.165) is 52.4 Å². The molecular formula is C15H18BrNO2. The zero-order valence-corrected chi connectivity index (χ0v) is 13.1. The second-order valence-corrected chi connectivity index (χ2v) is 6.15. The van der Waals surface area contributed by atoms with E-state index in [9.17, 15) is 9.90 Å². The number of benzene rings is 1. The maximum Gasteiger partial charge on any atom is 0.235 e. The number of rotatable bonds is 2. The van der Waals surface area contributed by atoms with Crippen molar-refractivity contribution in [1.29, 1.82) is 0 Å². The lowest BCUT2D eigenvalue weighted by molar-refractivity contribution is 0.403. The zero-order valence-electron chi connectivity index (χ0n) is 11.5. The van der Waals surface area contributed by atoms with Gasteiger partial charge in [0.25, 0.3) is 0 Å². The number of hydrogen-bond donors (Lipinski definition) is 1. The quantitative estimate of drug-likeness (QED) is 0.655. The average Bonchev–Trinajstić information content (AvgIpc) is 2.84. The summed E-state index contributed by atoms with van der Waals surface area (Å²) in [5.41, 5.74) is 3.06. The maximum absolute atomic E-state index is 10.8. The van der Waals surface area contributed by atoms with Crippen LogP contribution >= 0.6 is 15.9 Å². The van der Waals surface area contributed by atoms with Gasteiger partial charge < -0.3 is 5.11 Å². The molecule has 102 valence electrons. The van der Waals surface area contributed by atoms with Crippen LogP contribution in [0, 0.1) is 20.8 Å². The Morgan fingerprint density at radius 2 is 1.74 bits per heavy atom. The highest BCUT2D eigenvalue weighted by Gasteiger charge is 2.40. The smallest absolute Gasteiger partial charge is 0.235 e. The molecule has 4 heteroatoms. The summed E-state index contributed by atoms with van der Waals surface area (Å²) in [4.78, 5) is 14.9. The van der Waals surface area contributed by atoms with Crippen LogP contribution in [0.4, 0.5) is 0 Å². The third-order valence-corrected chi connectivity index (χ3v) is 5.53. The van der Waals surface area contributed by atoms with Crippen LogP contribution in [-0.2, 0) is 10.3 Å². The third-order valence-electron chi connectivity index (χ3n) is 4.34. The van der Waals surface area contributed by atoms with Crippen LogP contribution in [0.1, 0.15) is 47.9 Å². The lowest BCUT2D eigenvalue weighted by Crippen LogP contribution is -2.21. The summed E-state index contributed by atoms with van der Waals surface area (Å²) in [5, 5.41) is 10.5. The summed E-state index contributed by atoms with van der Waals surface area (Å²) >= 11 is 3.59. The molecule has 0 saturated heterocycles. The SMILES string of the molecule is Cc1c(C)c(Br)c(C)c(C2(N=C=O)CCCC2)c1O. The minimum atomic E-state index is -0.586. The van der Waals surface area contributed by atoms with Crippen LogP contribution in [-0.4, -0.2) is 11.2 Å². The lowest BCUT2D eigenvalue weighted by Gasteiger charge is -2.28. The van der Waals surface area contributed by atoms with E-state index in [0.29, 0.717) is 0 Å². The Morgan fingerprint density at radius 3 is 2.26 bits per heavy atom. The Hall–Kier alpha value is -1.12. The molecule has 0 atom stereocenters. The van der Waals surface area contributed by atoms with Crippen LogP contribution in [0.15, 0.2) is 9.47 Å². The molecular weight excluding hydrogens is 306 g/mol. The van der Waals surface area contributed by atoms with Crippen molar-refractivity contribution in [2.45, 2.75) is 52.0 Å². The number of phenols is 1. The summed E-state index contributed by atoms with van der Waals surface area (Å²) in [6.45, 7) is 5.83. The van der Waals surface area contributed by atoms with Gasteiger partial charge in [0.05, 0.1) is 0 Å². The van der Waals surface area contributed by atoms with Gasteiger partial charge in [-0.2, -0.15) is 4.99 Å². The van der Waals surface area contributed by atoms with Crippen molar-refractivity contribution < 1.29 is 9.90 Å². The van der Waals surface area contributed by atoms with E-state index in [1.54, 1.807) is 6.08 Å². The van der Waals surface area contributed by atoms with Gasteiger partial charge >= 0.3 is 0 Å². The first-order chi connectivity index (χ1) is 8.94. The highest BCUT2D eigenvalue weighted by Crippen LogP contribution is 2.49. The third kappa shape index (κ3) is 2.13.